The maximum atomic E-state index is 13.1. The van der Waals surface area contributed by atoms with Crippen LogP contribution in [-0.4, -0.2) is 44.3 Å². The van der Waals surface area contributed by atoms with Gasteiger partial charge in [-0.25, -0.2) is 4.39 Å². The fraction of sp³-hybridized carbons (Fsp3) is 0.500. The molecule has 1 heterocycles. The number of hydrogen-bond acceptors (Lipinski definition) is 4. The van der Waals surface area contributed by atoms with Crippen molar-refractivity contribution >= 4 is 23.0 Å². The minimum atomic E-state index is -0.506. The molecule has 1 aliphatic heterocycles. The van der Waals surface area contributed by atoms with Gasteiger partial charge in [0.15, 0.2) is 0 Å². The van der Waals surface area contributed by atoms with Crippen LogP contribution in [0.15, 0.2) is 12.1 Å². The third kappa shape index (κ3) is 3.25. The van der Waals surface area contributed by atoms with Crippen LogP contribution in [0, 0.1) is 5.82 Å². The Kier molecular flexibility index (Phi) is 4.27. The van der Waals surface area contributed by atoms with Crippen molar-refractivity contribution in [3.05, 3.63) is 23.0 Å². The van der Waals surface area contributed by atoms with Gasteiger partial charge < -0.3 is 20.7 Å². The fourth-order valence-corrected chi connectivity index (χ4v) is 2.09. The van der Waals surface area contributed by atoms with Crippen molar-refractivity contribution in [3.8, 4) is 0 Å². The maximum absolute atomic E-state index is 13.1. The summed E-state index contributed by atoms with van der Waals surface area (Å²) in [6.07, 6.45) is 0.104. The summed E-state index contributed by atoms with van der Waals surface area (Å²) in [4.78, 5) is 2.21. The number of ether oxygens (including phenoxy) is 1. The lowest BCUT2D eigenvalue weighted by molar-refractivity contribution is -0.0117. The van der Waals surface area contributed by atoms with E-state index in [9.17, 15) is 4.39 Å². The van der Waals surface area contributed by atoms with E-state index in [1.807, 2.05) is 0 Å². The van der Waals surface area contributed by atoms with Crippen molar-refractivity contribution in [2.45, 2.75) is 6.10 Å². The lowest BCUT2D eigenvalue weighted by Crippen LogP contribution is -2.43. The summed E-state index contributed by atoms with van der Waals surface area (Å²) in [6, 6.07) is 2.72. The van der Waals surface area contributed by atoms with Gasteiger partial charge in [-0.1, -0.05) is 11.6 Å². The second kappa shape index (κ2) is 5.73. The number of rotatable bonds is 3. The predicted octanol–water partition coefficient (Wildman–Crippen LogP) is 1.80. The molecular formula is C12H17ClFN3O. The lowest BCUT2D eigenvalue weighted by atomic mass is 10.2. The molecule has 3 N–H and O–H groups in total. The summed E-state index contributed by atoms with van der Waals surface area (Å²) in [5.74, 6) is -0.506. The number of benzene rings is 1. The summed E-state index contributed by atoms with van der Waals surface area (Å²) in [7, 11) is 2.05. The molecule has 100 valence electrons. The lowest BCUT2D eigenvalue weighted by Gasteiger charge is -2.30. The van der Waals surface area contributed by atoms with E-state index in [4.69, 9.17) is 22.1 Å². The van der Waals surface area contributed by atoms with Crippen LogP contribution >= 0.6 is 11.6 Å². The molecule has 0 spiro atoms. The van der Waals surface area contributed by atoms with Crippen molar-refractivity contribution < 1.29 is 9.13 Å². The van der Waals surface area contributed by atoms with Gasteiger partial charge in [-0.05, 0) is 13.1 Å². The summed E-state index contributed by atoms with van der Waals surface area (Å²) >= 11 is 5.72. The maximum Gasteiger partial charge on any atom is 0.143 e. The zero-order valence-corrected chi connectivity index (χ0v) is 11.0. The first-order chi connectivity index (χ1) is 8.56. The highest BCUT2D eigenvalue weighted by Gasteiger charge is 2.17. The topological polar surface area (TPSA) is 50.5 Å². The fourth-order valence-electron chi connectivity index (χ4n) is 1.93. The van der Waals surface area contributed by atoms with E-state index in [1.165, 1.54) is 12.1 Å². The Balaban J connectivity index is 1.95. The number of hydrogen-bond donors (Lipinski definition) is 2. The highest BCUT2D eigenvalue weighted by atomic mass is 35.5. The first-order valence-corrected chi connectivity index (χ1v) is 6.22. The van der Waals surface area contributed by atoms with Gasteiger partial charge in [-0.2, -0.15) is 0 Å². The summed E-state index contributed by atoms with van der Waals surface area (Å²) in [6.45, 7) is 3.15. The number of nitrogen functional groups attached to an aromatic ring is 1. The molecule has 18 heavy (non-hydrogen) atoms. The minimum absolute atomic E-state index is 0.0633. The van der Waals surface area contributed by atoms with Crippen LogP contribution in [0.1, 0.15) is 0 Å². The highest BCUT2D eigenvalue weighted by Crippen LogP contribution is 2.26. The summed E-state index contributed by atoms with van der Waals surface area (Å²) < 4.78 is 18.7. The molecule has 1 aromatic carbocycles. The quantitative estimate of drug-likeness (QED) is 0.825. The normalized spacial score (nSPS) is 20.9. The first-order valence-electron chi connectivity index (χ1n) is 5.85. The molecule has 4 nitrogen and oxygen atoms in total. The van der Waals surface area contributed by atoms with Gasteiger partial charge in [-0.15, -0.1) is 0 Å². The SMILES string of the molecule is CN1CCOC(CNc2cc(Cl)c(F)cc2N)C1. The molecular weight excluding hydrogens is 257 g/mol. The molecule has 1 saturated heterocycles. The monoisotopic (exact) mass is 273 g/mol. The number of anilines is 2. The largest absolute Gasteiger partial charge is 0.397 e. The molecule has 1 aliphatic rings. The van der Waals surface area contributed by atoms with Gasteiger partial charge in [0.25, 0.3) is 0 Å². The molecule has 1 unspecified atom stereocenters. The van der Waals surface area contributed by atoms with Gasteiger partial charge in [0.05, 0.1) is 29.1 Å². The molecule has 0 radical (unpaired) electrons. The molecule has 0 bridgehead atoms. The molecule has 0 amide bonds. The van der Waals surface area contributed by atoms with E-state index in [1.54, 1.807) is 0 Å². The highest BCUT2D eigenvalue weighted by molar-refractivity contribution is 6.31. The van der Waals surface area contributed by atoms with E-state index in [2.05, 4.69) is 17.3 Å². The van der Waals surface area contributed by atoms with E-state index in [-0.39, 0.29) is 11.1 Å². The number of nitrogens with zero attached hydrogens (tertiary/aromatic N) is 1. The Morgan fingerprint density at radius 2 is 2.39 bits per heavy atom. The molecule has 0 saturated carbocycles. The first kappa shape index (κ1) is 13.4. The second-order valence-electron chi connectivity index (χ2n) is 4.49. The van der Waals surface area contributed by atoms with Crippen LogP contribution in [-0.2, 0) is 4.74 Å². The van der Waals surface area contributed by atoms with Gasteiger partial charge in [0.1, 0.15) is 5.82 Å². The van der Waals surface area contributed by atoms with Crippen molar-refractivity contribution in [1.82, 2.24) is 4.90 Å². The van der Waals surface area contributed by atoms with E-state index in [0.717, 1.165) is 19.7 Å². The molecule has 6 heteroatoms. The van der Waals surface area contributed by atoms with Crippen LogP contribution in [0.3, 0.4) is 0 Å². The predicted molar refractivity (Wildman–Crippen MR) is 71.5 cm³/mol. The standard InChI is InChI=1S/C12H17ClFN3O/c1-17-2-3-18-8(7-17)6-16-12-4-9(13)10(14)5-11(12)15/h4-5,8,16H,2-3,6-7,15H2,1H3. The van der Waals surface area contributed by atoms with E-state index in [0.29, 0.717) is 17.9 Å². The van der Waals surface area contributed by atoms with Gasteiger partial charge >= 0.3 is 0 Å². The van der Waals surface area contributed by atoms with Crippen LogP contribution in [0.2, 0.25) is 5.02 Å². The zero-order valence-electron chi connectivity index (χ0n) is 10.2. The zero-order chi connectivity index (χ0) is 13.1. The smallest absolute Gasteiger partial charge is 0.143 e. The van der Waals surface area contributed by atoms with Crippen molar-refractivity contribution in [1.29, 1.82) is 0 Å². The summed E-state index contributed by atoms with van der Waals surface area (Å²) in [5, 5.41) is 3.21. The van der Waals surface area contributed by atoms with Crippen molar-refractivity contribution in [3.63, 3.8) is 0 Å². The molecule has 0 aliphatic carbocycles. The van der Waals surface area contributed by atoms with Crippen LogP contribution in [0.25, 0.3) is 0 Å². The third-order valence-corrected chi connectivity index (χ3v) is 3.24. The Bertz CT molecular complexity index is 430. The van der Waals surface area contributed by atoms with Crippen LogP contribution in [0.4, 0.5) is 15.8 Å². The molecule has 2 rings (SSSR count). The average Bonchev–Trinajstić information content (AvgIpc) is 2.32. The number of morpholine rings is 1. The number of nitrogens with one attached hydrogen (secondary N) is 1. The Hall–Kier alpha value is -1.04. The molecule has 1 fully saturated rings. The number of likely N-dealkylation sites (N-methyl/N-ethyl adjacent to an activating group) is 1. The van der Waals surface area contributed by atoms with Gasteiger partial charge in [0.2, 0.25) is 0 Å². The van der Waals surface area contributed by atoms with E-state index < -0.39 is 5.82 Å². The van der Waals surface area contributed by atoms with Gasteiger partial charge in [-0.3, -0.25) is 0 Å². The van der Waals surface area contributed by atoms with Gasteiger partial charge in [0, 0.05) is 25.7 Å². The number of halogens is 2. The van der Waals surface area contributed by atoms with Crippen LogP contribution < -0.4 is 11.1 Å². The Morgan fingerprint density at radius 3 is 3.11 bits per heavy atom. The third-order valence-electron chi connectivity index (χ3n) is 2.95. The van der Waals surface area contributed by atoms with Crippen molar-refractivity contribution in [2.24, 2.45) is 0 Å². The van der Waals surface area contributed by atoms with Crippen molar-refractivity contribution in [2.75, 3.05) is 44.3 Å². The Labute approximate surface area is 111 Å². The second-order valence-corrected chi connectivity index (χ2v) is 4.90. The molecule has 0 aromatic heterocycles. The van der Waals surface area contributed by atoms with Crippen LogP contribution in [0.5, 0.6) is 0 Å². The number of nitrogens with two attached hydrogens (primary N) is 1. The molecule has 1 aromatic rings. The minimum Gasteiger partial charge on any atom is -0.397 e. The average molecular weight is 274 g/mol. The van der Waals surface area contributed by atoms with E-state index >= 15 is 0 Å². The molecule has 1 atom stereocenters. The summed E-state index contributed by atoms with van der Waals surface area (Å²) in [5.41, 5.74) is 6.71. The Morgan fingerprint density at radius 1 is 1.61 bits per heavy atom.